The number of hydrogen-bond donors (Lipinski definition) is 4. The maximum absolute atomic E-state index is 14.0. The third kappa shape index (κ3) is 6.38. The highest BCUT2D eigenvalue weighted by atomic mass is 31.2. The average molecular weight is 617 g/mol. The molecule has 0 saturated carbocycles. The van der Waals surface area contributed by atoms with Gasteiger partial charge in [0, 0.05) is 0 Å². The van der Waals surface area contributed by atoms with Gasteiger partial charge in [0.1, 0.15) is 47.5 Å². The molecule has 15 heteroatoms. The fourth-order valence-electron chi connectivity index (χ4n) is 4.86. The first-order chi connectivity index (χ1) is 20.4. The standard InChI is InChI=1S/C28H37N6O8P/c1-5-19(6-2)14-39-26(36)18(3)33-43(38,42-20-10-8-7-9-11-20)40-15-22-24(35)27(4,37)28(16-29,41-22)23-13-12-21-25(30)31-17-32-34(21)23/h7-13,17-19,22,24,35,37H,5-6,14-15H2,1-4H3,(H,33,38)(H2,30,31,32)/t18-,22+,24+,27+,28-,43-/m0/s1. The fourth-order valence-corrected chi connectivity index (χ4v) is 6.37. The lowest BCUT2D eigenvalue weighted by molar-refractivity contribution is -0.146. The maximum atomic E-state index is 14.0. The zero-order chi connectivity index (χ0) is 31.4. The van der Waals surface area contributed by atoms with E-state index in [1.165, 1.54) is 30.8 Å². The maximum Gasteiger partial charge on any atom is 0.459 e. The van der Waals surface area contributed by atoms with E-state index in [0.717, 1.165) is 12.8 Å². The minimum Gasteiger partial charge on any atom is -0.464 e. The number of aliphatic hydroxyl groups excluding tert-OH is 1. The van der Waals surface area contributed by atoms with Crippen molar-refractivity contribution in [2.45, 2.75) is 70.0 Å². The Morgan fingerprint density at radius 1 is 1.28 bits per heavy atom. The van der Waals surface area contributed by atoms with E-state index in [4.69, 9.17) is 24.3 Å². The van der Waals surface area contributed by atoms with Crippen molar-refractivity contribution >= 4 is 25.1 Å². The van der Waals surface area contributed by atoms with Crippen molar-refractivity contribution in [3.63, 3.8) is 0 Å². The first-order valence-electron chi connectivity index (χ1n) is 13.9. The number of benzene rings is 1. The molecule has 0 unspecified atom stereocenters. The summed E-state index contributed by atoms with van der Waals surface area (Å²) in [6.07, 6.45) is -0.213. The smallest absolute Gasteiger partial charge is 0.459 e. The highest BCUT2D eigenvalue weighted by Crippen LogP contribution is 2.50. The van der Waals surface area contributed by atoms with Gasteiger partial charge in [-0.2, -0.15) is 15.4 Å². The van der Waals surface area contributed by atoms with E-state index in [2.05, 4.69) is 15.2 Å². The van der Waals surface area contributed by atoms with E-state index in [9.17, 15) is 24.8 Å². The molecule has 0 radical (unpaired) electrons. The van der Waals surface area contributed by atoms with E-state index in [1.54, 1.807) is 36.4 Å². The Balaban J connectivity index is 1.57. The van der Waals surface area contributed by atoms with Crippen LogP contribution in [0.3, 0.4) is 0 Å². The van der Waals surface area contributed by atoms with Crippen LogP contribution in [0.1, 0.15) is 46.2 Å². The number of nitrogen functional groups attached to an aromatic ring is 1. The summed E-state index contributed by atoms with van der Waals surface area (Å²) in [7, 11) is -4.34. The van der Waals surface area contributed by atoms with Crippen molar-refractivity contribution in [3.05, 3.63) is 54.5 Å². The summed E-state index contributed by atoms with van der Waals surface area (Å²) >= 11 is 0. The molecular formula is C28H37N6O8P. The van der Waals surface area contributed by atoms with E-state index in [1.807, 2.05) is 19.9 Å². The second-order valence-electron chi connectivity index (χ2n) is 10.6. The highest BCUT2D eigenvalue weighted by molar-refractivity contribution is 7.52. The van der Waals surface area contributed by atoms with Crippen LogP contribution in [0.4, 0.5) is 5.82 Å². The number of fused-ring (bicyclic) bond motifs is 1. The van der Waals surface area contributed by atoms with Crippen LogP contribution in [-0.4, -0.2) is 67.8 Å². The van der Waals surface area contributed by atoms with Gasteiger partial charge < -0.3 is 29.9 Å². The number of aromatic nitrogens is 3. The molecule has 1 fully saturated rings. The van der Waals surface area contributed by atoms with Crippen LogP contribution in [0.15, 0.2) is 48.8 Å². The molecule has 2 aromatic heterocycles. The normalized spacial score (nSPS) is 25.7. The Hall–Kier alpha value is -3.57. The van der Waals surface area contributed by atoms with Crippen molar-refractivity contribution in [3.8, 4) is 11.8 Å². The number of para-hydroxylation sites is 1. The number of nitrogens with one attached hydrogen (secondary N) is 1. The molecule has 0 bridgehead atoms. The third-order valence-electron chi connectivity index (χ3n) is 7.67. The van der Waals surface area contributed by atoms with E-state index in [0.29, 0.717) is 5.52 Å². The van der Waals surface area contributed by atoms with Crippen LogP contribution < -0.4 is 15.3 Å². The van der Waals surface area contributed by atoms with Crippen molar-refractivity contribution in [2.24, 2.45) is 5.92 Å². The van der Waals surface area contributed by atoms with Crippen LogP contribution in [0, 0.1) is 17.2 Å². The molecule has 14 nitrogen and oxygen atoms in total. The Morgan fingerprint density at radius 3 is 2.63 bits per heavy atom. The molecule has 3 aromatic rings. The van der Waals surface area contributed by atoms with E-state index < -0.39 is 49.8 Å². The van der Waals surface area contributed by atoms with Crippen molar-refractivity contribution in [2.75, 3.05) is 18.9 Å². The third-order valence-corrected chi connectivity index (χ3v) is 9.31. The average Bonchev–Trinajstić information content (AvgIpc) is 3.51. The number of nitriles is 1. The number of hydrogen-bond acceptors (Lipinski definition) is 12. The van der Waals surface area contributed by atoms with E-state index in [-0.39, 0.29) is 29.8 Å². The van der Waals surface area contributed by atoms with Crippen molar-refractivity contribution in [1.82, 2.24) is 19.7 Å². The Labute approximate surface area is 249 Å². The first-order valence-corrected chi connectivity index (χ1v) is 15.5. The lowest BCUT2D eigenvalue weighted by Crippen LogP contribution is -2.52. The number of nitrogens with zero attached hydrogens (tertiary/aromatic N) is 4. The fraction of sp³-hybridized carbons (Fsp3) is 0.500. The highest BCUT2D eigenvalue weighted by Gasteiger charge is 2.65. The number of ether oxygens (including phenoxy) is 2. The zero-order valence-corrected chi connectivity index (χ0v) is 25.3. The second kappa shape index (κ2) is 13.0. The van der Waals surface area contributed by atoms with Gasteiger partial charge in [-0.05, 0) is 44.0 Å². The minimum atomic E-state index is -4.34. The predicted molar refractivity (Wildman–Crippen MR) is 154 cm³/mol. The largest absolute Gasteiger partial charge is 0.464 e. The topological polar surface area (TPSA) is 204 Å². The van der Waals surface area contributed by atoms with Crippen LogP contribution in [0.2, 0.25) is 0 Å². The molecule has 0 spiro atoms. The molecule has 232 valence electrons. The second-order valence-corrected chi connectivity index (χ2v) is 12.3. The molecule has 43 heavy (non-hydrogen) atoms. The molecular weight excluding hydrogens is 579 g/mol. The number of aliphatic hydroxyl groups is 2. The molecule has 6 atom stereocenters. The molecule has 1 saturated heterocycles. The summed E-state index contributed by atoms with van der Waals surface area (Å²) in [5.74, 6) is -0.156. The summed E-state index contributed by atoms with van der Waals surface area (Å²) in [4.78, 5) is 16.6. The van der Waals surface area contributed by atoms with Crippen molar-refractivity contribution in [1.29, 1.82) is 5.26 Å². The number of carbonyl (C=O) groups is 1. The van der Waals surface area contributed by atoms with Gasteiger partial charge in [0.25, 0.3) is 0 Å². The van der Waals surface area contributed by atoms with Gasteiger partial charge in [0.05, 0.1) is 18.9 Å². The van der Waals surface area contributed by atoms with E-state index >= 15 is 0 Å². The lowest BCUT2D eigenvalue weighted by Gasteiger charge is -2.33. The zero-order valence-electron chi connectivity index (χ0n) is 24.4. The summed E-state index contributed by atoms with van der Waals surface area (Å²) in [5, 5.41) is 39.6. The summed E-state index contributed by atoms with van der Waals surface area (Å²) in [5.41, 5.74) is 2.04. The number of nitrogens with two attached hydrogens (primary N) is 1. The number of esters is 1. The summed E-state index contributed by atoms with van der Waals surface area (Å²) in [6, 6.07) is 12.1. The summed E-state index contributed by atoms with van der Waals surface area (Å²) < 4.78 is 38.0. The molecule has 1 aromatic carbocycles. The van der Waals surface area contributed by atoms with Gasteiger partial charge in [0.2, 0.25) is 5.60 Å². The molecule has 4 rings (SSSR count). The SMILES string of the molecule is CCC(CC)COC(=O)[C@H](C)N[P@](=O)(OC[C@H]1O[C@@](C#N)(c2ccc3c(N)ncnn23)[C@](C)(O)[C@@H]1O)Oc1ccccc1. The minimum absolute atomic E-state index is 0.0846. The molecule has 1 aliphatic rings. The van der Waals surface area contributed by atoms with Crippen LogP contribution in [0.5, 0.6) is 5.75 Å². The lowest BCUT2D eigenvalue weighted by atomic mass is 9.80. The van der Waals surface area contributed by atoms with Gasteiger partial charge in [-0.3, -0.25) is 9.32 Å². The Bertz CT molecular complexity index is 1510. The van der Waals surface area contributed by atoms with Gasteiger partial charge in [-0.25, -0.2) is 14.1 Å². The molecule has 1 aliphatic heterocycles. The predicted octanol–water partition coefficient (Wildman–Crippen LogP) is 2.70. The molecule has 0 amide bonds. The van der Waals surface area contributed by atoms with Crippen LogP contribution >= 0.6 is 7.75 Å². The number of carbonyl (C=O) groups excluding carboxylic acids is 1. The van der Waals surface area contributed by atoms with Gasteiger partial charge in [-0.1, -0.05) is 44.9 Å². The molecule has 0 aliphatic carbocycles. The van der Waals surface area contributed by atoms with Crippen molar-refractivity contribution < 1.29 is 38.1 Å². The van der Waals surface area contributed by atoms with Crippen LogP contribution in [-0.2, 0) is 29.0 Å². The molecule has 3 heterocycles. The van der Waals surface area contributed by atoms with Gasteiger partial charge in [0.15, 0.2) is 5.82 Å². The summed E-state index contributed by atoms with van der Waals surface area (Å²) in [6.45, 7) is 6.30. The van der Waals surface area contributed by atoms with Gasteiger partial charge >= 0.3 is 13.7 Å². The Morgan fingerprint density at radius 2 is 1.98 bits per heavy atom. The monoisotopic (exact) mass is 616 g/mol. The first kappa shape index (κ1) is 32.3. The quantitative estimate of drug-likeness (QED) is 0.161. The number of rotatable bonds is 13. The van der Waals surface area contributed by atoms with Crippen LogP contribution in [0.25, 0.3) is 5.52 Å². The van der Waals surface area contributed by atoms with Gasteiger partial charge in [-0.15, -0.1) is 0 Å². The molecule has 5 N–H and O–H groups in total. The number of anilines is 1. The Kier molecular flexibility index (Phi) is 9.76.